The lowest BCUT2D eigenvalue weighted by Gasteiger charge is -2.30. The average molecular weight is 274 g/mol. The summed E-state index contributed by atoms with van der Waals surface area (Å²) in [6, 6.07) is 8.60. The standard InChI is InChI=1S/C17H26N2O/c1-4-16(14-9-7-13(2)8-10-14)18-17(20)15-6-5-11-19(3)12-15/h7-10,15-16H,4-6,11-12H2,1-3H3,(H,18,20)/t15-,16-/m1/s1. The van der Waals surface area contributed by atoms with Crippen LogP contribution in [0.25, 0.3) is 0 Å². The Morgan fingerprint density at radius 2 is 2.10 bits per heavy atom. The first kappa shape index (κ1) is 15.0. The van der Waals surface area contributed by atoms with E-state index >= 15 is 0 Å². The van der Waals surface area contributed by atoms with Crippen molar-refractivity contribution in [3.8, 4) is 0 Å². The molecule has 1 N–H and O–H groups in total. The Bertz CT molecular complexity index is 441. The minimum atomic E-state index is 0.135. The zero-order valence-electron chi connectivity index (χ0n) is 12.9. The highest BCUT2D eigenvalue weighted by atomic mass is 16.2. The fourth-order valence-corrected chi connectivity index (χ4v) is 2.89. The summed E-state index contributed by atoms with van der Waals surface area (Å²) in [6.45, 7) is 6.20. The monoisotopic (exact) mass is 274 g/mol. The summed E-state index contributed by atoms with van der Waals surface area (Å²) in [5, 5.41) is 3.23. The molecular weight excluding hydrogens is 248 g/mol. The van der Waals surface area contributed by atoms with E-state index in [0.717, 1.165) is 32.4 Å². The summed E-state index contributed by atoms with van der Waals surface area (Å²) in [5.41, 5.74) is 2.46. The second kappa shape index (κ2) is 6.89. The lowest BCUT2D eigenvalue weighted by molar-refractivity contribution is -0.127. The van der Waals surface area contributed by atoms with E-state index in [0.29, 0.717) is 0 Å². The highest BCUT2D eigenvalue weighted by Gasteiger charge is 2.25. The van der Waals surface area contributed by atoms with Crippen molar-refractivity contribution >= 4 is 5.91 Å². The molecule has 0 aliphatic carbocycles. The zero-order valence-corrected chi connectivity index (χ0v) is 12.9. The maximum atomic E-state index is 12.4. The molecule has 1 saturated heterocycles. The van der Waals surface area contributed by atoms with Crippen molar-refractivity contribution in [2.24, 2.45) is 5.92 Å². The van der Waals surface area contributed by atoms with Crippen LogP contribution in [0.3, 0.4) is 0 Å². The van der Waals surface area contributed by atoms with Crippen LogP contribution in [-0.4, -0.2) is 30.9 Å². The van der Waals surface area contributed by atoms with Gasteiger partial charge in [0.2, 0.25) is 5.91 Å². The lowest BCUT2D eigenvalue weighted by atomic mass is 9.96. The van der Waals surface area contributed by atoms with Crippen molar-refractivity contribution in [1.29, 1.82) is 0 Å². The molecule has 2 rings (SSSR count). The first-order valence-corrected chi connectivity index (χ1v) is 7.65. The van der Waals surface area contributed by atoms with Gasteiger partial charge < -0.3 is 10.2 Å². The molecule has 3 heteroatoms. The Balaban J connectivity index is 1.98. The summed E-state index contributed by atoms with van der Waals surface area (Å²) in [7, 11) is 2.09. The van der Waals surface area contributed by atoms with E-state index < -0.39 is 0 Å². The number of piperidine rings is 1. The predicted octanol–water partition coefficient (Wildman–Crippen LogP) is 2.90. The first-order chi connectivity index (χ1) is 9.60. The Labute approximate surface area is 122 Å². The van der Waals surface area contributed by atoms with Gasteiger partial charge >= 0.3 is 0 Å². The third kappa shape index (κ3) is 3.83. The van der Waals surface area contributed by atoms with Crippen LogP contribution in [-0.2, 0) is 4.79 Å². The number of amides is 1. The number of carbonyl (C=O) groups excluding carboxylic acids is 1. The van der Waals surface area contributed by atoms with E-state index in [2.05, 4.69) is 55.4 Å². The Morgan fingerprint density at radius 3 is 2.70 bits per heavy atom. The molecule has 0 aromatic heterocycles. The second-order valence-electron chi connectivity index (χ2n) is 5.98. The molecule has 1 fully saturated rings. The third-order valence-corrected chi connectivity index (χ3v) is 4.20. The lowest BCUT2D eigenvalue weighted by Crippen LogP contribution is -2.42. The summed E-state index contributed by atoms with van der Waals surface area (Å²) in [4.78, 5) is 14.7. The van der Waals surface area contributed by atoms with Crippen molar-refractivity contribution in [2.75, 3.05) is 20.1 Å². The van der Waals surface area contributed by atoms with Crippen molar-refractivity contribution in [1.82, 2.24) is 10.2 Å². The molecule has 1 aliphatic heterocycles. The molecule has 0 bridgehead atoms. The number of nitrogens with zero attached hydrogens (tertiary/aromatic N) is 1. The highest BCUT2D eigenvalue weighted by Crippen LogP contribution is 2.20. The number of carbonyl (C=O) groups is 1. The maximum Gasteiger partial charge on any atom is 0.224 e. The van der Waals surface area contributed by atoms with E-state index in [1.807, 2.05) is 0 Å². The molecule has 1 amide bonds. The second-order valence-corrected chi connectivity index (χ2v) is 5.98. The van der Waals surface area contributed by atoms with Gasteiger partial charge in [-0.05, 0) is 45.3 Å². The smallest absolute Gasteiger partial charge is 0.224 e. The Kier molecular flexibility index (Phi) is 5.18. The number of hydrogen-bond donors (Lipinski definition) is 1. The Morgan fingerprint density at radius 1 is 1.40 bits per heavy atom. The first-order valence-electron chi connectivity index (χ1n) is 7.65. The van der Waals surface area contributed by atoms with Gasteiger partial charge in [0.15, 0.2) is 0 Å². The molecule has 1 aromatic carbocycles. The van der Waals surface area contributed by atoms with Gasteiger partial charge in [-0.1, -0.05) is 36.8 Å². The van der Waals surface area contributed by atoms with Gasteiger partial charge in [-0.2, -0.15) is 0 Å². The van der Waals surface area contributed by atoms with Gasteiger partial charge in [0.1, 0.15) is 0 Å². The van der Waals surface area contributed by atoms with Crippen molar-refractivity contribution in [3.05, 3.63) is 35.4 Å². The van der Waals surface area contributed by atoms with Gasteiger partial charge in [-0.15, -0.1) is 0 Å². The fourth-order valence-electron chi connectivity index (χ4n) is 2.89. The molecule has 3 nitrogen and oxygen atoms in total. The fraction of sp³-hybridized carbons (Fsp3) is 0.588. The topological polar surface area (TPSA) is 32.3 Å². The number of rotatable bonds is 4. The quantitative estimate of drug-likeness (QED) is 0.915. The molecule has 1 aromatic rings. The third-order valence-electron chi connectivity index (χ3n) is 4.20. The van der Waals surface area contributed by atoms with Crippen LogP contribution >= 0.6 is 0 Å². The van der Waals surface area contributed by atoms with Crippen LogP contribution in [0.5, 0.6) is 0 Å². The minimum Gasteiger partial charge on any atom is -0.349 e. The molecule has 2 atom stereocenters. The van der Waals surface area contributed by atoms with Gasteiger partial charge in [0.25, 0.3) is 0 Å². The largest absolute Gasteiger partial charge is 0.349 e. The number of hydrogen-bond acceptors (Lipinski definition) is 2. The minimum absolute atomic E-state index is 0.135. The van der Waals surface area contributed by atoms with Crippen molar-refractivity contribution in [3.63, 3.8) is 0 Å². The number of aryl methyl sites for hydroxylation is 1. The van der Waals surface area contributed by atoms with Gasteiger partial charge in [-0.3, -0.25) is 4.79 Å². The summed E-state index contributed by atoms with van der Waals surface area (Å²) < 4.78 is 0. The van der Waals surface area contributed by atoms with Gasteiger partial charge in [0.05, 0.1) is 12.0 Å². The SMILES string of the molecule is CC[C@@H](NC(=O)[C@@H]1CCCN(C)C1)c1ccc(C)cc1. The molecule has 0 spiro atoms. The van der Waals surface area contributed by atoms with Crippen LogP contribution in [0.1, 0.15) is 43.4 Å². The molecule has 1 aliphatic rings. The summed E-state index contributed by atoms with van der Waals surface area (Å²) >= 11 is 0. The molecule has 20 heavy (non-hydrogen) atoms. The van der Waals surface area contributed by atoms with Crippen LogP contribution < -0.4 is 5.32 Å². The van der Waals surface area contributed by atoms with Gasteiger partial charge in [-0.25, -0.2) is 0 Å². The number of likely N-dealkylation sites (tertiary alicyclic amines) is 1. The molecule has 1 heterocycles. The van der Waals surface area contributed by atoms with E-state index in [9.17, 15) is 4.79 Å². The van der Waals surface area contributed by atoms with Crippen LogP contribution in [0.15, 0.2) is 24.3 Å². The highest BCUT2D eigenvalue weighted by molar-refractivity contribution is 5.79. The van der Waals surface area contributed by atoms with Gasteiger partial charge in [0, 0.05) is 6.54 Å². The van der Waals surface area contributed by atoms with E-state index in [4.69, 9.17) is 0 Å². The van der Waals surface area contributed by atoms with Crippen LogP contribution in [0.4, 0.5) is 0 Å². The van der Waals surface area contributed by atoms with E-state index in [1.54, 1.807) is 0 Å². The van der Waals surface area contributed by atoms with E-state index in [-0.39, 0.29) is 17.9 Å². The van der Waals surface area contributed by atoms with Crippen LogP contribution in [0, 0.1) is 12.8 Å². The molecular formula is C17H26N2O. The molecule has 110 valence electrons. The molecule has 0 unspecified atom stereocenters. The number of nitrogens with one attached hydrogen (secondary N) is 1. The van der Waals surface area contributed by atoms with E-state index in [1.165, 1.54) is 11.1 Å². The summed E-state index contributed by atoms with van der Waals surface area (Å²) in [5.74, 6) is 0.359. The number of benzene rings is 1. The average Bonchev–Trinajstić information content (AvgIpc) is 2.45. The predicted molar refractivity (Wildman–Crippen MR) is 82.6 cm³/mol. The van der Waals surface area contributed by atoms with Crippen LogP contribution in [0.2, 0.25) is 0 Å². The summed E-state index contributed by atoms with van der Waals surface area (Å²) in [6.07, 6.45) is 3.06. The Hall–Kier alpha value is -1.35. The zero-order chi connectivity index (χ0) is 14.5. The maximum absolute atomic E-state index is 12.4. The normalized spacial score (nSPS) is 21.4. The molecule has 0 radical (unpaired) electrons. The van der Waals surface area contributed by atoms with Crippen molar-refractivity contribution < 1.29 is 4.79 Å². The van der Waals surface area contributed by atoms with Crippen molar-refractivity contribution in [2.45, 2.75) is 39.2 Å². The molecule has 0 saturated carbocycles.